The van der Waals surface area contributed by atoms with Crippen LogP contribution in [0.3, 0.4) is 0 Å². The van der Waals surface area contributed by atoms with Gasteiger partial charge >= 0.3 is 0 Å². The van der Waals surface area contributed by atoms with Crippen molar-refractivity contribution in [3.63, 3.8) is 0 Å². The minimum atomic E-state index is -3.51. The highest BCUT2D eigenvalue weighted by Gasteiger charge is 2.29. The number of aryl methyl sites for hydroxylation is 1. The molecule has 0 unspecified atom stereocenters. The number of hydrogen-bond acceptors (Lipinski definition) is 4. The van der Waals surface area contributed by atoms with Gasteiger partial charge in [-0.1, -0.05) is 13.8 Å². The Hall–Kier alpha value is -0.430. The maximum absolute atomic E-state index is 12.3. The number of nitrogens with one attached hydrogen (secondary N) is 1. The zero-order chi connectivity index (χ0) is 14.0. The minimum Gasteiger partial charge on any atom is -0.391 e. The van der Waals surface area contributed by atoms with Crippen molar-refractivity contribution in [1.29, 1.82) is 0 Å². The average molecular weight is 291 g/mol. The summed E-state index contributed by atoms with van der Waals surface area (Å²) < 4.78 is 27.4. The molecule has 0 bridgehead atoms. The van der Waals surface area contributed by atoms with Gasteiger partial charge in [-0.15, -0.1) is 11.3 Å². The van der Waals surface area contributed by atoms with Crippen LogP contribution in [0.2, 0.25) is 0 Å². The molecule has 0 saturated heterocycles. The monoisotopic (exact) mass is 291 g/mol. The molecule has 1 heterocycles. The highest BCUT2D eigenvalue weighted by atomic mass is 32.2. The molecule has 0 spiro atoms. The van der Waals surface area contributed by atoms with Crippen LogP contribution < -0.4 is 4.72 Å². The molecular weight excluding hydrogens is 270 g/mol. The van der Waals surface area contributed by atoms with E-state index in [2.05, 4.69) is 4.72 Å². The third kappa shape index (κ3) is 3.32. The Labute approximate surface area is 113 Å². The minimum absolute atomic E-state index is 0.125. The van der Waals surface area contributed by atoms with E-state index in [4.69, 9.17) is 5.11 Å². The lowest BCUT2D eigenvalue weighted by molar-refractivity contribution is 0.285. The van der Waals surface area contributed by atoms with Crippen LogP contribution in [-0.4, -0.2) is 19.1 Å². The van der Waals surface area contributed by atoms with Gasteiger partial charge in [-0.05, 0) is 32.8 Å². The second kappa shape index (κ2) is 5.69. The molecule has 6 heteroatoms. The van der Waals surface area contributed by atoms with Crippen molar-refractivity contribution in [1.82, 2.24) is 4.72 Å². The lowest BCUT2D eigenvalue weighted by Crippen LogP contribution is -2.44. The fourth-order valence-electron chi connectivity index (χ4n) is 1.64. The summed E-state index contributed by atoms with van der Waals surface area (Å²) in [4.78, 5) is 1.66. The highest BCUT2D eigenvalue weighted by Crippen LogP contribution is 2.27. The van der Waals surface area contributed by atoms with Crippen LogP contribution >= 0.6 is 11.3 Å². The first-order chi connectivity index (χ1) is 8.28. The normalized spacial score (nSPS) is 12.9. The van der Waals surface area contributed by atoms with Crippen LogP contribution in [0.1, 0.15) is 43.4 Å². The molecule has 0 aliphatic heterocycles. The molecule has 0 aromatic carbocycles. The molecule has 0 aliphatic carbocycles. The van der Waals surface area contributed by atoms with Crippen molar-refractivity contribution >= 4 is 21.4 Å². The van der Waals surface area contributed by atoms with Crippen molar-refractivity contribution in [2.24, 2.45) is 0 Å². The summed E-state index contributed by atoms with van der Waals surface area (Å²) in [7, 11) is -3.51. The van der Waals surface area contributed by atoms with Gasteiger partial charge in [-0.3, -0.25) is 0 Å². The Morgan fingerprint density at radius 3 is 2.33 bits per heavy atom. The third-order valence-electron chi connectivity index (χ3n) is 3.31. The average Bonchev–Trinajstić information content (AvgIpc) is 2.70. The summed E-state index contributed by atoms with van der Waals surface area (Å²) in [6.07, 6.45) is 1.47. The molecule has 0 saturated carbocycles. The summed E-state index contributed by atoms with van der Waals surface area (Å²) in [5.74, 6) is 0. The van der Waals surface area contributed by atoms with Gasteiger partial charge in [0.2, 0.25) is 10.0 Å². The van der Waals surface area contributed by atoms with E-state index < -0.39 is 15.6 Å². The number of rotatable bonds is 6. The Bertz CT molecular complexity index is 501. The van der Waals surface area contributed by atoms with E-state index in [0.29, 0.717) is 9.75 Å². The van der Waals surface area contributed by atoms with E-state index in [1.165, 1.54) is 11.3 Å². The fourth-order valence-corrected chi connectivity index (χ4v) is 4.69. The molecule has 0 fully saturated rings. The summed E-state index contributed by atoms with van der Waals surface area (Å²) in [6.45, 7) is 7.46. The van der Waals surface area contributed by atoms with Crippen LogP contribution in [0.15, 0.2) is 11.0 Å². The van der Waals surface area contributed by atoms with E-state index in [9.17, 15) is 8.42 Å². The van der Waals surface area contributed by atoms with Crippen LogP contribution in [0.4, 0.5) is 0 Å². The molecule has 0 atom stereocenters. The summed E-state index contributed by atoms with van der Waals surface area (Å²) in [6, 6.07) is 1.55. The molecule has 0 aliphatic rings. The second-order valence-electron chi connectivity index (χ2n) is 4.66. The topological polar surface area (TPSA) is 66.4 Å². The molecule has 0 radical (unpaired) electrons. The smallest absolute Gasteiger partial charge is 0.242 e. The van der Waals surface area contributed by atoms with Gasteiger partial charge in [-0.2, -0.15) is 0 Å². The van der Waals surface area contributed by atoms with Crippen molar-refractivity contribution in [3.8, 4) is 0 Å². The van der Waals surface area contributed by atoms with Crippen molar-refractivity contribution < 1.29 is 13.5 Å². The first-order valence-electron chi connectivity index (χ1n) is 6.02. The molecule has 1 rings (SSSR count). The SMILES string of the molecule is CCC(C)(CC)NS(=O)(=O)c1cc(CO)sc1C. The van der Waals surface area contributed by atoms with Gasteiger partial charge in [0.25, 0.3) is 0 Å². The molecular formula is C12H21NO3S2. The molecule has 104 valence electrons. The van der Waals surface area contributed by atoms with Crippen LogP contribution in [0.25, 0.3) is 0 Å². The summed E-state index contributed by atoms with van der Waals surface area (Å²) in [5.41, 5.74) is -0.424. The Balaban J connectivity index is 3.10. The van der Waals surface area contributed by atoms with Crippen LogP contribution in [0, 0.1) is 6.92 Å². The van der Waals surface area contributed by atoms with Gasteiger partial charge in [0.15, 0.2) is 0 Å². The van der Waals surface area contributed by atoms with E-state index in [1.807, 2.05) is 20.8 Å². The van der Waals surface area contributed by atoms with Crippen molar-refractivity contribution in [3.05, 3.63) is 15.8 Å². The molecule has 18 heavy (non-hydrogen) atoms. The Kier molecular flexibility index (Phi) is 4.94. The first-order valence-corrected chi connectivity index (χ1v) is 8.32. The number of hydrogen-bond donors (Lipinski definition) is 2. The lowest BCUT2D eigenvalue weighted by atomic mass is 9.98. The maximum atomic E-state index is 12.3. The van der Waals surface area contributed by atoms with Gasteiger partial charge in [0.05, 0.1) is 11.5 Å². The predicted octanol–water partition coefficient (Wildman–Crippen LogP) is 2.41. The first kappa shape index (κ1) is 15.6. The number of aliphatic hydroxyl groups is 1. The lowest BCUT2D eigenvalue weighted by Gasteiger charge is -2.27. The van der Waals surface area contributed by atoms with Gasteiger partial charge in [0.1, 0.15) is 0 Å². The third-order valence-corrected chi connectivity index (χ3v) is 6.24. The Morgan fingerprint density at radius 2 is 1.94 bits per heavy atom. The molecule has 4 nitrogen and oxygen atoms in total. The molecule has 2 N–H and O–H groups in total. The Morgan fingerprint density at radius 1 is 1.39 bits per heavy atom. The van der Waals surface area contributed by atoms with Crippen molar-refractivity contribution in [2.75, 3.05) is 0 Å². The quantitative estimate of drug-likeness (QED) is 0.846. The van der Waals surface area contributed by atoms with E-state index in [-0.39, 0.29) is 11.5 Å². The zero-order valence-corrected chi connectivity index (χ0v) is 12.9. The fraction of sp³-hybridized carbons (Fsp3) is 0.667. The van der Waals surface area contributed by atoms with Gasteiger partial charge in [0, 0.05) is 15.3 Å². The van der Waals surface area contributed by atoms with Crippen LogP contribution in [-0.2, 0) is 16.6 Å². The number of sulfonamides is 1. The predicted molar refractivity (Wildman–Crippen MR) is 74.3 cm³/mol. The highest BCUT2D eigenvalue weighted by molar-refractivity contribution is 7.89. The van der Waals surface area contributed by atoms with Crippen molar-refractivity contribution in [2.45, 2.75) is 57.6 Å². The van der Waals surface area contributed by atoms with Gasteiger partial charge < -0.3 is 5.11 Å². The largest absolute Gasteiger partial charge is 0.391 e. The maximum Gasteiger partial charge on any atom is 0.242 e. The molecule has 1 aromatic heterocycles. The van der Waals surface area contributed by atoms with E-state index in [0.717, 1.165) is 12.8 Å². The van der Waals surface area contributed by atoms with E-state index >= 15 is 0 Å². The summed E-state index contributed by atoms with van der Waals surface area (Å²) in [5, 5.41) is 9.06. The van der Waals surface area contributed by atoms with Crippen LogP contribution in [0.5, 0.6) is 0 Å². The zero-order valence-electron chi connectivity index (χ0n) is 11.3. The standard InChI is InChI=1S/C12H21NO3S2/c1-5-12(4,6-2)13-18(15,16)11-7-10(8-14)17-9(11)3/h7,13-14H,5-6,8H2,1-4H3. The van der Waals surface area contributed by atoms with E-state index in [1.54, 1.807) is 13.0 Å². The number of thiophene rings is 1. The second-order valence-corrected chi connectivity index (χ2v) is 7.66. The summed E-state index contributed by atoms with van der Waals surface area (Å²) >= 11 is 1.31. The van der Waals surface area contributed by atoms with Gasteiger partial charge in [-0.25, -0.2) is 13.1 Å². The molecule has 1 aromatic rings. The number of aliphatic hydroxyl groups excluding tert-OH is 1. The molecule has 0 amide bonds.